The van der Waals surface area contributed by atoms with Crippen LogP contribution < -0.4 is 0 Å². The molecule has 0 fully saturated rings. The zero-order chi connectivity index (χ0) is 57.8. The monoisotopic (exact) mass is 1120 g/mol. The maximum atomic E-state index is 12.9. The summed E-state index contributed by atoms with van der Waals surface area (Å²) in [6, 6.07) is 0. The quantitative estimate of drug-likeness (QED) is 0.0261. The summed E-state index contributed by atoms with van der Waals surface area (Å²) in [5.74, 6) is -0.862. The number of carbonyl (C=O) groups excluding carboxylic acids is 3. The predicted molar refractivity (Wildman–Crippen MR) is 349 cm³/mol. The third-order valence-electron chi connectivity index (χ3n) is 16.4. The van der Waals surface area contributed by atoms with Crippen LogP contribution >= 0.6 is 0 Å². The lowest BCUT2D eigenvalue weighted by Gasteiger charge is -2.18. The Hall–Kier alpha value is -2.37. The average molecular weight is 1120 g/mol. The predicted octanol–water partition coefficient (Wildman–Crippen LogP) is 24.7. The number of unbranched alkanes of at least 4 members (excludes halogenated alkanes) is 50. The fourth-order valence-electron chi connectivity index (χ4n) is 11.1. The first-order valence-electron chi connectivity index (χ1n) is 36.0. The molecule has 0 aliphatic carbocycles. The molecule has 0 spiro atoms. The Morgan fingerprint density at radius 1 is 0.263 bits per heavy atom. The van der Waals surface area contributed by atoms with Gasteiger partial charge in [0.1, 0.15) is 13.2 Å². The van der Waals surface area contributed by atoms with Crippen molar-refractivity contribution in [2.75, 3.05) is 13.2 Å². The van der Waals surface area contributed by atoms with Gasteiger partial charge >= 0.3 is 17.9 Å². The van der Waals surface area contributed by atoms with Crippen molar-refractivity contribution in [1.82, 2.24) is 0 Å². The van der Waals surface area contributed by atoms with E-state index in [2.05, 4.69) is 57.2 Å². The summed E-state index contributed by atoms with van der Waals surface area (Å²) in [7, 11) is 0. The van der Waals surface area contributed by atoms with E-state index in [-0.39, 0.29) is 31.1 Å². The van der Waals surface area contributed by atoms with Crippen LogP contribution in [-0.4, -0.2) is 37.2 Å². The lowest BCUT2D eigenvalue weighted by Crippen LogP contribution is -2.30. The molecule has 0 rings (SSSR count). The van der Waals surface area contributed by atoms with E-state index in [1.165, 1.54) is 263 Å². The van der Waals surface area contributed by atoms with Gasteiger partial charge in [0.15, 0.2) is 6.10 Å². The van der Waals surface area contributed by atoms with Gasteiger partial charge in [0.05, 0.1) is 0 Å². The lowest BCUT2D eigenvalue weighted by molar-refractivity contribution is -0.167. The highest BCUT2D eigenvalue weighted by atomic mass is 16.6. The van der Waals surface area contributed by atoms with E-state index in [4.69, 9.17) is 14.2 Å². The summed E-state index contributed by atoms with van der Waals surface area (Å²) in [4.78, 5) is 38.4. The average Bonchev–Trinajstić information content (AvgIpc) is 3.46. The van der Waals surface area contributed by atoms with Crippen molar-refractivity contribution in [3.05, 3.63) is 36.5 Å². The Morgan fingerprint density at radius 3 is 0.762 bits per heavy atom. The molecule has 6 heteroatoms. The molecule has 0 saturated carbocycles. The van der Waals surface area contributed by atoms with Crippen molar-refractivity contribution in [3.63, 3.8) is 0 Å². The molecule has 0 amide bonds. The minimum absolute atomic E-state index is 0.0738. The molecule has 80 heavy (non-hydrogen) atoms. The molecule has 6 nitrogen and oxygen atoms in total. The lowest BCUT2D eigenvalue weighted by atomic mass is 10.0. The first-order valence-corrected chi connectivity index (χ1v) is 36.0. The summed E-state index contributed by atoms with van der Waals surface area (Å²) < 4.78 is 17.0. The van der Waals surface area contributed by atoms with Crippen molar-refractivity contribution < 1.29 is 28.6 Å². The van der Waals surface area contributed by atoms with Crippen LogP contribution in [0.5, 0.6) is 0 Å². The van der Waals surface area contributed by atoms with E-state index in [1.54, 1.807) is 0 Å². The van der Waals surface area contributed by atoms with Gasteiger partial charge in [-0.3, -0.25) is 14.4 Å². The highest BCUT2D eigenvalue weighted by molar-refractivity contribution is 5.71. The highest BCUT2D eigenvalue weighted by Gasteiger charge is 2.19. The van der Waals surface area contributed by atoms with E-state index >= 15 is 0 Å². The van der Waals surface area contributed by atoms with Gasteiger partial charge in [0.2, 0.25) is 0 Å². The number of carbonyl (C=O) groups is 3. The Bertz CT molecular complexity index is 1340. The number of hydrogen-bond donors (Lipinski definition) is 0. The molecule has 470 valence electrons. The molecule has 0 N–H and O–H groups in total. The summed E-state index contributed by atoms with van der Waals surface area (Å²) in [5.41, 5.74) is 0. The van der Waals surface area contributed by atoms with Crippen molar-refractivity contribution in [2.45, 2.75) is 406 Å². The summed E-state index contributed by atoms with van der Waals surface area (Å²) in [6.45, 7) is 6.59. The van der Waals surface area contributed by atoms with E-state index in [9.17, 15) is 14.4 Å². The summed E-state index contributed by atoms with van der Waals surface area (Å²) >= 11 is 0. The third kappa shape index (κ3) is 66.4. The van der Waals surface area contributed by atoms with Crippen molar-refractivity contribution in [2.24, 2.45) is 0 Å². The smallest absolute Gasteiger partial charge is 0.306 e. The zero-order valence-corrected chi connectivity index (χ0v) is 54.1. The molecular formula is C74H138O6. The summed E-state index contributed by atoms with van der Waals surface area (Å²) in [5, 5.41) is 0. The molecule has 1 atom stereocenters. The molecule has 0 aromatic carbocycles. The standard InChI is InChI=1S/C74H138O6/c1-4-7-10-13-16-19-22-25-28-29-30-31-32-33-34-35-36-37-38-39-40-41-42-43-44-47-49-52-55-58-61-64-67-73(76)79-70-71(80-74(77)68-65-62-59-56-53-50-46-27-24-21-18-15-12-9-6-3)69-78-72(75)66-63-60-57-54-51-48-45-26-23-20-17-14-11-8-5-2/h9,12,18,21,27,46,71H,4-8,10-11,13-17,19-20,22-26,28-45,47-70H2,1-3H3/b12-9-,21-18-,46-27-. The maximum absolute atomic E-state index is 12.9. The van der Waals surface area contributed by atoms with Gasteiger partial charge in [0.25, 0.3) is 0 Å². The molecule has 0 aromatic rings. The van der Waals surface area contributed by atoms with Gasteiger partial charge in [-0.2, -0.15) is 0 Å². The molecule has 0 radical (unpaired) electrons. The fourth-order valence-corrected chi connectivity index (χ4v) is 11.1. The summed E-state index contributed by atoms with van der Waals surface area (Å²) in [6.07, 6.45) is 86.3. The first-order chi connectivity index (χ1) is 39.5. The van der Waals surface area contributed by atoms with Crippen LogP contribution in [0.2, 0.25) is 0 Å². The van der Waals surface area contributed by atoms with Gasteiger partial charge in [-0.1, -0.05) is 365 Å². The van der Waals surface area contributed by atoms with E-state index in [0.717, 1.165) is 96.3 Å². The number of rotatable bonds is 67. The topological polar surface area (TPSA) is 78.9 Å². The minimum Gasteiger partial charge on any atom is -0.462 e. The second-order valence-corrected chi connectivity index (χ2v) is 24.5. The van der Waals surface area contributed by atoms with Crippen LogP contribution in [0, 0.1) is 0 Å². The van der Waals surface area contributed by atoms with Crippen LogP contribution in [-0.2, 0) is 28.6 Å². The zero-order valence-electron chi connectivity index (χ0n) is 54.1. The van der Waals surface area contributed by atoms with Crippen LogP contribution in [0.15, 0.2) is 36.5 Å². The molecule has 0 saturated heterocycles. The van der Waals surface area contributed by atoms with Crippen LogP contribution in [0.1, 0.15) is 400 Å². The van der Waals surface area contributed by atoms with Crippen molar-refractivity contribution in [1.29, 1.82) is 0 Å². The molecule has 0 aliphatic rings. The Morgan fingerprint density at radius 2 is 0.487 bits per heavy atom. The molecule has 0 aliphatic heterocycles. The van der Waals surface area contributed by atoms with Crippen LogP contribution in [0.4, 0.5) is 0 Å². The minimum atomic E-state index is -0.779. The van der Waals surface area contributed by atoms with E-state index < -0.39 is 6.10 Å². The van der Waals surface area contributed by atoms with Gasteiger partial charge < -0.3 is 14.2 Å². The highest BCUT2D eigenvalue weighted by Crippen LogP contribution is 2.19. The third-order valence-corrected chi connectivity index (χ3v) is 16.4. The number of allylic oxidation sites excluding steroid dienone is 6. The molecular weight excluding hydrogens is 985 g/mol. The van der Waals surface area contributed by atoms with E-state index in [0.29, 0.717) is 19.3 Å². The fraction of sp³-hybridized carbons (Fsp3) is 0.878. The second-order valence-electron chi connectivity index (χ2n) is 24.5. The van der Waals surface area contributed by atoms with Crippen LogP contribution in [0.3, 0.4) is 0 Å². The second kappa shape index (κ2) is 69.1. The molecule has 0 bridgehead atoms. The largest absolute Gasteiger partial charge is 0.462 e. The van der Waals surface area contributed by atoms with Gasteiger partial charge in [-0.25, -0.2) is 0 Å². The van der Waals surface area contributed by atoms with Crippen LogP contribution in [0.25, 0.3) is 0 Å². The molecule has 1 unspecified atom stereocenters. The normalized spacial score (nSPS) is 12.2. The SMILES string of the molecule is CC/C=C\C/C=C\C/C=C\CCCCCCCC(=O)OC(COC(=O)CCCCCCCCCCCCCCCCC)COC(=O)CCCCCCCCCCCCCCCCCCCCCCCCCCCCCCCCCC. The number of hydrogen-bond acceptors (Lipinski definition) is 6. The maximum Gasteiger partial charge on any atom is 0.306 e. The van der Waals surface area contributed by atoms with E-state index in [1.807, 2.05) is 0 Å². The molecule has 0 heterocycles. The van der Waals surface area contributed by atoms with Crippen molar-refractivity contribution in [3.8, 4) is 0 Å². The molecule has 0 aromatic heterocycles. The number of ether oxygens (including phenoxy) is 3. The van der Waals surface area contributed by atoms with Gasteiger partial charge in [0, 0.05) is 19.3 Å². The Balaban J connectivity index is 4.11. The van der Waals surface area contributed by atoms with Gasteiger partial charge in [-0.05, 0) is 51.4 Å². The Labute approximate surface area is 499 Å². The first kappa shape index (κ1) is 77.6. The number of esters is 3. The van der Waals surface area contributed by atoms with Crippen molar-refractivity contribution >= 4 is 17.9 Å². The Kier molecular flexibility index (Phi) is 67.1. The van der Waals surface area contributed by atoms with Gasteiger partial charge in [-0.15, -0.1) is 0 Å².